The molecule has 0 spiro atoms. The highest BCUT2D eigenvalue weighted by atomic mass is 16.6. The third-order valence-corrected chi connectivity index (χ3v) is 4.61. The Hall–Kier alpha value is -2.73. The van der Waals surface area contributed by atoms with Crippen LogP contribution in [-0.4, -0.2) is 44.4 Å². The minimum Gasteiger partial charge on any atom is -0.482 e. The first-order chi connectivity index (χ1) is 12.7. The molecule has 6 nitrogen and oxygen atoms in total. The molecule has 1 fully saturated rings. The van der Waals surface area contributed by atoms with Crippen molar-refractivity contribution in [3.05, 3.63) is 48.5 Å². The van der Waals surface area contributed by atoms with Crippen LogP contribution in [0.25, 0.3) is 0 Å². The number of anilines is 2. The molecule has 2 aliphatic rings. The summed E-state index contributed by atoms with van der Waals surface area (Å²) in [6, 6.07) is 15.2. The van der Waals surface area contributed by atoms with Gasteiger partial charge in [0.15, 0.2) is 11.5 Å². The standard InChI is InChI=1S/C20H22N2O4/c1-14-19(26-18-9-5-4-8-17(18)25-14)20(23)21-15-6-2-3-7-16(15)22-10-12-24-13-11-22/h2-9,14,19H,10-13H2,1H3,(H,21,23)/t14-,19+/m0/s1. The van der Waals surface area contributed by atoms with Crippen LogP contribution in [0.2, 0.25) is 0 Å². The maximum atomic E-state index is 12.9. The number of para-hydroxylation sites is 4. The number of hydrogen-bond acceptors (Lipinski definition) is 5. The van der Waals surface area contributed by atoms with Crippen molar-refractivity contribution in [3.8, 4) is 11.5 Å². The molecule has 0 unspecified atom stereocenters. The summed E-state index contributed by atoms with van der Waals surface area (Å²) in [4.78, 5) is 15.1. The van der Waals surface area contributed by atoms with Gasteiger partial charge >= 0.3 is 0 Å². The van der Waals surface area contributed by atoms with Crippen LogP contribution in [-0.2, 0) is 9.53 Å². The number of ether oxygens (including phenoxy) is 3. The second-order valence-electron chi connectivity index (χ2n) is 6.41. The summed E-state index contributed by atoms with van der Waals surface area (Å²) >= 11 is 0. The number of nitrogens with one attached hydrogen (secondary N) is 1. The maximum absolute atomic E-state index is 12.9. The van der Waals surface area contributed by atoms with Gasteiger partial charge in [-0.1, -0.05) is 24.3 Å². The van der Waals surface area contributed by atoms with Crippen molar-refractivity contribution < 1.29 is 19.0 Å². The molecule has 1 N–H and O–H groups in total. The number of amides is 1. The maximum Gasteiger partial charge on any atom is 0.269 e. The second-order valence-corrected chi connectivity index (χ2v) is 6.41. The number of fused-ring (bicyclic) bond motifs is 1. The average Bonchev–Trinajstić information content (AvgIpc) is 2.68. The van der Waals surface area contributed by atoms with Crippen molar-refractivity contribution >= 4 is 17.3 Å². The Balaban J connectivity index is 1.52. The van der Waals surface area contributed by atoms with E-state index in [-0.39, 0.29) is 12.0 Å². The predicted molar refractivity (Wildman–Crippen MR) is 99.1 cm³/mol. The van der Waals surface area contributed by atoms with Crippen LogP contribution >= 0.6 is 0 Å². The zero-order valence-electron chi connectivity index (χ0n) is 14.7. The number of carbonyl (C=O) groups excluding carboxylic acids is 1. The zero-order valence-corrected chi connectivity index (χ0v) is 14.7. The lowest BCUT2D eigenvalue weighted by Crippen LogP contribution is -2.46. The van der Waals surface area contributed by atoms with Crippen molar-refractivity contribution in [1.29, 1.82) is 0 Å². The van der Waals surface area contributed by atoms with E-state index < -0.39 is 6.10 Å². The van der Waals surface area contributed by atoms with E-state index in [1.54, 1.807) is 0 Å². The lowest BCUT2D eigenvalue weighted by Gasteiger charge is -2.32. The van der Waals surface area contributed by atoms with Gasteiger partial charge in [-0.05, 0) is 31.2 Å². The molecule has 0 radical (unpaired) electrons. The molecule has 2 atom stereocenters. The number of nitrogens with zero attached hydrogens (tertiary/aromatic N) is 1. The van der Waals surface area contributed by atoms with Crippen LogP contribution in [0.15, 0.2) is 48.5 Å². The molecule has 2 heterocycles. The molecule has 26 heavy (non-hydrogen) atoms. The van der Waals surface area contributed by atoms with E-state index in [4.69, 9.17) is 14.2 Å². The highest BCUT2D eigenvalue weighted by molar-refractivity contribution is 5.98. The molecule has 4 rings (SSSR count). The first kappa shape index (κ1) is 16.7. The van der Waals surface area contributed by atoms with Crippen molar-refractivity contribution in [2.24, 2.45) is 0 Å². The normalized spacial score (nSPS) is 22.0. The van der Waals surface area contributed by atoms with Gasteiger partial charge in [0.05, 0.1) is 24.6 Å². The van der Waals surface area contributed by atoms with Crippen LogP contribution in [0.5, 0.6) is 11.5 Å². The Morgan fingerprint density at radius 3 is 2.42 bits per heavy atom. The quantitative estimate of drug-likeness (QED) is 0.918. The minimum absolute atomic E-state index is 0.215. The van der Waals surface area contributed by atoms with Gasteiger partial charge in [0.2, 0.25) is 6.10 Å². The summed E-state index contributed by atoms with van der Waals surface area (Å²) < 4.78 is 17.1. The van der Waals surface area contributed by atoms with E-state index in [1.807, 2.05) is 55.5 Å². The predicted octanol–water partition coefficient (Wildman–Crippen LogP) is 2.69. The molecule has 2 aromatic carbocycles. The monoisotopic (exact) mass is 354 g/mol. The lowest BCUT2D eigenvalue weighted by atomic mass is 10.1. The molecule has 1 amide bonds. The number of carbonyl (C=O) groups is 1. The van der Waals surface area contributed by atoms with Gasteiger partial charge in [0, 0.05) is 13.1 Å². The van der Waals surface area contributed by atoms with Crippen molar-refractivity contribution in [3.63, 3.8) is 0 Å². The van der Waals surface area contributed by atoms with E-state index in [9.17, 15) is 4.79 Å². The fraction of sp³-hybridized carbons (Fsp3) is 0.350. The SMILES string of the molecule is C[C@@H]1Oc2ccccc2O[C@H]1C(=O)Nc1ccccc1N1CCOCC1. The van der Waals surface area contributed by atoms with E-state index in [0.717, 1.165) is 24.5 Å². The Labute approximate surface area is 152 Å². The average molecular weight is 354 g/mol. The third kappa shape index (κ3) is 3.32. The first-order valence-electron chi connectivity index (χ1n) is 8.87. The summed E-state index contributed by atoms with van der Waals surface area (Å²) in [6.45, 7) is 4.83. The molecule has 0 bridgehead atoms. The third-order valence-electron chi connectivity index (χ3n) is 4.61. The summed E-state index contributed by atoms with van der Waals surface area (Å²) in [6.07, 6.45) is -1.08. The Kier molecular flexibility index (Phi) is 4.67. The van der Waals surface area contributed by atoms with Gasteiger partial charge in [-0.3, -0.25) is 4.79 Å². The van der Waals surface area contributed by atoms with Gasteiger partial charge < -0.3 is 24.4 Å². The number of benzene rings is 2. The first-order valence-corrected chi connectivity index (χ1v) is 8.87. The molecule has 6 heteroatoms. The van der Waals surface area contributed by atoms with Gasteiger partial charge in [-0.25, -0.2) is 0 Å². The molecule has 2 aliphatic heterocycles. The summed E-state index contributed by atoms with van der Waals surface area (Å²) in [5.74, 6) is 1.04. The van der Waals surface area contributed by atoms with Crippen LogP contribution in [0.1, 0.15) is 6.92 Å². The molecule has 1 saturated heterocycles. The fourth-order valence-corrected chi connectivity index (χ4v) is 3.27. The van der Waals surface area contributed by atoms with E-state index in [1.165, 1.54) is 0 Å². The highest BCUT2D eigenvalue weighted by Crippen LogP contribution is 2.34. The Bertz CT molecular complexity index is 789. The molecular weight excluding hydrogens is 332 g/mol. The number of hydrogen-bond donors (Lipinski definition) is 1. The summed E-state index contributed by atoms with van der Waals surface area (Å²) in [5.41, 5.74) is 1.77. The van der Waals surface area contributed by atoms with Crippen LogP contribution in [0.4, 0.5) is 11.4 Å². The second kappa shape index (κ2) is 7.25. The molecule has 0 saturated carbocycles. The van der Waals surface area contributed by atoms with Gasteiger partial charge in [0.25, 0.3) is 5.91 Å². The topological polar surface area (TPSA) is 60.0 Å². The zero-order chi connectivity index (χ0) is 17.9. The molecular formula is C20H22N2O4. The van der Waals surface area contributed by atoms with Gasteiger partial charge in [-0.2, -0.15) is 0 Å². The Morgan fingerprint density at radius 1 is 1.00 bits per heavy atom. The lowest BCUT2D eigenvalue weighted by molar-refractivity contribution is -0.128. The molecule has 2 aromatic rings. The Morgan fingerprint density at radius 2 is 1.65 bits per heavy atom. The largest absolute Gasteiger partial charge is 0.482 e. The van der Waals surface area contributed by atoms with E-state index in [2.05, 4.69) is 10.2 Å². The van der Waals surface area contributed by atoms with Gasteiger partial charge in [-0.15, -0.1) is 0 Å². The van der Waals surface area contributed by atoms with E-state index >= 15 is 0 Å². The van der Waals surface area contributed by atoms with E-state index in [0.29, 0.717) is 24.7 Å². The number of morpholine rings is 1. The van der Waals surface area contributed by atoms with Crippen molar-refractivity contribution in [2.75, 3.05) is 36.5 Å². The van der Waals surface area contributed by atoms with Gasteiger partial charge in [0.1, 0.15) is 6.10 Å². The molecule has 136 valence electrons. The van der Waals surface area contributed by atoms with Crippen molar-refractivity contribution in [1.82, 2.24) is 0 Å². The molecule has 0 aliphatic carbocycles. The highest BCUT2D eigenvalue weighted by Gasteiger charge is 2.34. The van der Waals surface area contributed by atoms with Crippen molar-refractivity contribution in [2.45, 2.75) is 19.1 Å². The van der Waals surface area contributed by atoms with Crippen LogP contribution in [0.3, 0.4) is 0 Å². The minimum atomic E-state index is -0.706. The summed E-state index contributed by atoms with van der Waals surface area (Å²) in [7, 11) is 0. The van der Waals surface area contributed by atoms with Crippen LogP contribution < -0.4 is 19.7 Å². The van der Waals surface area contributed by atoms with Crippen LogP contribution in [0, 0.1) is 0 Å². The fourth-order valence-electron chi connectivity index (χ4n) is 3.27. The number of rotatable bonds is 3. The smallest absolute Gasteiger partial charge is 0.269 e. The molecule has 0 aromatic heterocycles. The summed E-state index contributed by atoms with van der Waals surface area (Å²) in [5, 5.41) is 3.01.